The molecule has 9 heteroatoms. The number of halogens is 1. The van der Waals surface area contributed by atoms with E-state index in [-0.39, 0.29) is 23.2 Å². The molecule has 24 heavy (non-hydrogen) atoms. The number of carbonyl (C=O) groups excluding carboxylic acids is 1. The first kappa shape index (κ1) is 15.6. The Labute approximate surface area is 140 Å². The van der Waals surface area contributed by atoms with Crippen LogP contribution in [-0.2, 0) is 0 Å². The Balaban J connectivity index is 1.77. The van der Waals surface area contributed by atoms with E-state index < -0.39 is 10.8 Å². The second-order valence-corrected chi connectivity index (χ2v) is 5.12. The van der Waals surface area contributed by atoms with Crippen molar-refractivity contribution in [3.8, 4) is 11.5 Å². The van der Waals surface area contributed by atoms with Gasteiger partial charge in [-0.1, -0.05) is 22.8 Å². The first-order chi connectivity index (χ1) is 11.5. The number of nitrogens with zero attached hydrogens (tertiary/aromatic N) is 3. The minimum absolute atomic E-state index is 0.107. The van der Waals surface area contributed by atoms with Gasteiger partial charge in [-0.2, -0.15) is 0 Å². The molecule has 120 valence electrons. The summed E-state index contributed by atoms with van der Waals surface area (Å²) in [7, 11) is 0. The molecular weight excluding hydrogens is 336 g/mol. The molecule has 1 N–H and O–H groups in total. The molecule has 0 radical (unpaired) electrons. The molecule has 0 aliphatic carbocycles. The summed E-state index contributed by atoms with van der Waals surface area (Å²) in [5, 5.41) is 21.3. The Hall–Kier alpha value is -3.26. The van der Waals surface area contributed by atoms with E-state index in [1.807, 2.05) is 0 Å². The predicted molar refractivity (Wildman–Crippen MR) is 85.8 cm³/mol. The summed E-state index contributed by atoms with van der Waals surface area (Å²) in [5.74, 6) is -0.383. The van der Waals surface area contributed by atoms with Gasteiger partial charge in [-0.15, -0.1) is 5.10 Å². The molecule has 1 aromatic heterocycles. The van der Waals surface area contributed by atoms with E-state index in [0.717, 1.165) is 6.07 Å². The van der Waals surface area contributed by atoms with Crippen LogP contribution in [0.25, 0.3) is 11.5 Å². The Morgan fingerprint density at radius 2 is 1.92 bits per heavy atom. The second kappa shape index (κ2) is 6.47. The van der Waals surface area contributed by atoms with Crippen molar-refractivity contribution >= 4 is 29.2 Å². The molecule has 1 heterocycles. The van der Waals surface area contributed by atoms with Crippen LogP contribution >= 0.6 is 11.6 Å². The number of nitrogens with one attached hydrogen (secondary N) is 1. The molecule has 0 spiro atoms. The molecule has 0 aliphatic heterocycles. The van der Waals surface area contributed by atoms with Crippen molar-refractivity contribution in [3.63, 3.8) is 0 Å². The number of hydrogen-bond donors (Lipinski definition) is 1. The molecule has 0 atom stereocenters. The summed E-state index contributed by atoms with van der Waals surface area (Å²) in [6.07, 6.45) is 0. The van der Waals surface area contributed by atoms with E-state index in [1.54, 1.807) is 24.3 Å². The molecule has 8 nitrogen and oxygen atoms in total. The summed E-state index contributed by atoms with van der Waals surface area (Å²) in [6.45, 7) is 0. The smallest absolute Gasteiger partial charge is 0.322 e. The average molecular weight is 345 g/mol. The quantitative estimate of drug-likeness (QED) is 0.572. The highest BCUT2D eigenvalue weighted by Gasteiger charge is 2.15. The fourth-order valence-corrected chi connectivity index (χ4v) is 2.04. The minimum atomic E-state index is -0.593. The van der Waals surface area contributed by atoms with Gasteiger partial charge in [0.25, 0.3) is 11.6 Å². The van der Waals surface area contributed by atoms with Crippen molar-refractivity contribution in [2.75, 3.05) is 5.32 Å². The first-order valence-corrected chi connectivity index (χ1v) is 7.06. The molecular formula is C15H9ClN4O4. The highest BCUT2D eigenvalue weighted by molar-refractivity contribution is 6.30. The van der Waals surface area contributed by atoms with Gasteiger partial charge in [0.2, 0.25) is 5.89 Å². The maximum atomic E-state index is 12.1. The number of hydrogen-bond acceptors (Lipinski definition) is 6. The molecule has 0 aliphatic rings. The zero-order chi connectivity index (χ0) is 17.1. The predicted octanol–water partition coefficient (Wildman–Crippen LogP) is 3.55. The first-order valence-electron chi connectivity index (χ1n) is 6.68. The van der Waals surface area contributed by atoms with E-state index in [0.29, 0.717) is 10.6 Å². The molecule has 0 unspecified atom stereocenters. The third kappa shape index (κ3) is 3.39. The molecule has 0 saturated heterocycles. The van der Waals surface area contributed by atoms with E-state index in [2.05, 4.69) is 15.5 Å². The summed E-state index contributed by atoms with van der Waals surface area (Å²) in [5.41, 5.74) is 0.563. The largest absolute Gasteiger partial charge is 0.403 e. The number of nitro benzene ring substituents is 1. The van der Waals surface area contributed by atoms with Crippen LogP contribution in [0.15, 0.2) is 52.9 Å². The van der Waals surface area contributed by atoms with Crippen molar-refractivity contribution in [2.45, 2.75) is 0 Å². The van der Waals surface area contributed by atoms with E-state index in [9.17, 15) is 14.9 Å². The summed E-state index contributed by atoms with van der Waals surface area (Å²) in [4.78, 5) is 22.3. The third-order valence-corrected chi connectivity index (χ3v) is 3.31. The van der Waals surface area contributed by atoms with Gasteiger partial charge in [0, 0.05) is 28.3 Å². The van der Waals surface area contributed by atoms with Gasteiger partial charge in [-0.25, -0.2) is 0 Å². The molecule has 0 bridgehead atoms. The number of benzene rings is 2. The SMILES string of the molecule is O=C(Nc1nnc(-c2ccc(Cl)cc2)o1)c1cccc([N+](=O)[O-])c1. The topological polar surface area (TPSA) is 111 Å². The van der Waals surface area contributed by atoms with Crippen LogP contribution in [0.2, 0.25) is 5.02 Å². The monoisotopic (exact) mass is 344 g/mol. The summed E-state index contributed by atoms with van der Waals surface area (Å²) >= 11 is 5.80. The average Bonchev–Trinajstić information content (AvgIpc) is 3.04. The summed E-state index contributed by atoms with van der Waals surface area (Å²) in [6, 6.07) is 11.9. The maximum Gasteiger partial charge on any atom is 0.322 e. The van der Waals surface area contributed by atoms with Crippen LogP contribution in [0.3, 0.4) is 0 Å². The van der Waals surface area contributed by atoms with Crippen LogP contribution in [0.5, 0.6) is 0 Å². The minimum Gasteiger partial charge on any atom is -0.403 e. The Kier molecular flexibility index (Phi) is 4.21. The van der Waals surface area contributed by atoms with Crippen molar-refractivity contribution in [2.24, 2.45) is 0 Å². The van der Waals surface area contributed by atoms with Gasteiger partial charge in [-0.3, -0.25) is 20.2 Å². The van der Waals surface area contributed by atoms with Gasteiger partial charge in [0.15, 0.2) is 0 Å². The molecule has 0 fully saturated rings. The van der Waals surface area contributed by atoms with Crippen LogP contribution in [0.4, 0.5) is 11.7 Å². The van der Waals surface area contributed by atoms with Crippen LogP contribution < -0.4 is 5.32 Å². The highest BCUT2D eigenvalue weighted by atomic mass is 35.5. The van der Waals surface area contributed by atoms with E-state index in [4.69, 9.17) is 16.0 Å². The third-order valence-electron chi connectivity index (χ3n) is 3.06. The molecule has 0 saturated carbocycles. The lowest BCUT2D eigenvalue weighted by Gasteiger charge is -2.00. The Morgan fingerprint density at radius 1 is 1.17 bits per heavy atom. The van der Waals surface area contributed by atoms with E-state index in [1.165, 1.54) is 18.2 Å². The van der Waals surface area contributed by atoms with Gasteiger partial charge in [0.1, 0.15) is 0 Å². The zero-order valence-electron chi connectivity index (χ0n) is 12.0. The molecule has 1 amide bonds. The standard InChI is InChI=1S/C15H9ClN4O4/c16-11-6-4-9(5-7-11)14-18-19-15(24-14)17-13(21)10-2-1-3-12(8-10)20(22)23/h1-8H,(H,17,19,21). The number of amides is 1. The van der Waals surface area contributed by atoms with Crippen molar-refractivity contribution in [1.82, 2.24) is 10.2 Å². The normalized spacial score (nSPS) is 10.4. The van der Waals surface area contributed by atoms with E-state index >= 15 is 0 Å². The number of aromatic nitrogens is 2. The lowest BCUT2D eigenvalue weighted by Crippen LogP contribution is -2.12. The molecule has 3 rings (SSSR count). The second-order valence-electron chi connectivity index (χ2n) is 4.68. The van der Waals surface area contributed by atoms with Crippen LogP contribution in [0, 0.1) is 10.1 Å². The Bertz CT molecular complexity index is 908. The van der Waals surface area contributed by atoms with Crippen LogP contribution in [0.1, 0.15) is 10.4 Å². The fourth-order valence-electron chi connectivity index (χ4n) is 1.91. The molecule has 2 aromatic carbocycles. The fraction of sp³-hybridized carbons (Fsp3) is 0. The van der Waals surface area contributed by atoms with Crippen molar-refractivity contribution in [3.05, 3.63) is 69.2 Å². The highest BCUT2D eigenvalue weighted by Crippen LogP contribution is 2.22. The van der Waals surface area contributed by atoms with Gasteiger partial charge >= 0.3 is 6.01 Å². The lowest BCUT2D eigenvalue weighted by molar-refractivity contribution is -0.384. The number of rotatable bonds is 4. The van der Waals surface area contributed by atoms with Gasteiger partial charge in [-0.05, 0) is 30.3 Å². The summed E-state index contributed by atoms with van der Waals surface area (Å²) < 4.78 is 5.35. The number of nitro groups is 1. The zero-order valence-corrected chi connectivity index (χ0v) is 12.7. The maximum absolute atomic E-state index is 12.1. The van der Waals surface area contributed by atoms with Crippen molar-refractivity contribution in [1.29, 1.82) is 0 Å². The number of anilines is 1. The Morgan fingerprint density at radius 3 is 2.62 bits per heavy atom. The van der Waals surface area contributed by atoms with Crippen LogP contribution in [-0.4, -0.2) is 21.0 Å². The number of non-ortho nitro benzene ring substituents is 1. The van der Waals surface area contributed by atoms with Crippen molar-refractivity contribution < 1.29 is 14.1 Å². The van der Waals surface area contributed by atoms with Gasteiger partial charge in [0.05, 0.1) is 4.92 Å². The molecule has 3 aromatic rings. The van der Waals surface area contributed by atoms with Gasteiger partial charge < -0.3 is 4.42 Å². The number of carbonyl (C=O) groups is 1. The lowest BCUT2D eigenvalue weighted by atomic mass is 10.2.